The van der Waals surface area contributed by atoms with E-state index in [2.05, 4.69) is 0 Å². The Bertz CT molecular complexity index is 156. The van der Waals surface area contributed by atoms with Crippen molar-refractivity contribution in [2.75, 3.05) is 0 Å². The largest absolute Gasteiger partial charge is 0.398 e. The average Bonchev–Trinajstić information content (AvgIpc) is 1.82. The van der Waals surface area contributed by atoms with Gasteiger partial charge in [0.1, 0.15) is 5.92 Å². The number of rotatable bonds is 2. The smallest absolute Gasteiger partial charge is 0.264 e. The second kappa shape index (κ2) is 3.06. The molecule has 0 aromatic rings. The van der Waals surface area contributed by atoms with Crippen molar-refractivity contribution in [3.8, 4) is 0 Å². The molecule has 0 saturated heterocycles. The van der Waals surface area contributed by atoms with Crippen LogP contribution in [0.25, 0.3) is 0 Å². The first-order valence-electron chi connectivity index (χ1n) is 2.97. The molecule has 1 unspecified atom stereocenters. The van der Waals surface area contributed by atoms with Gasteiger partial charge in [-0.3, -0.25) is 10.1 Å². The first-order valence-corrected chi connectivity index (χ1v) is 2.97. The molecule has 11 heavy (non-hydrogen) atoms. The number of hydrogen-bond acceptors (Lipinski definition) is 2. The van der Waals surface area contributed by atoms with Crippen LogP contribution in [0.4, 0.5) is 13.2 Å². The molecule has 0 fully saturated rings. The third kappa shape index (κ3) is 2.73. The van der Waals surface area contributed by atoms with Crippen LogP contribution in [0.15, 0.2) is 0 Å². The number of nitrogens with zero attached hydrogens (tertiary/aromatic N) is 1. The molecule has 0 aliphatic heterocycles. The Hall–Kier alpha value is -0.810. The molecule has 3 nitrogen and oxygen atoms in total. The molecule has 0 aliphatic carbocycles. The minimum absolute atomic E-state index is 0.799. The second-order valence-corrected chi connectivity index (χ2v) is 2.36. The van der Waals surface area contributed by atoms with Crippen LogP contribution in [0, 0.1) is 16.0 Å². The van der Waals surface area contributed by atoms with Crippen molar-refractivity contribution in [2.24, 2.45) is 5.92 Å². The van der Waals surface area contributed by atoms with Crippen LogP contribution >= 0.6 is 0 Å². The Morgan fingerprint density at radius 2 is 1.73 bits per heavy atom. The fourth-order valence-electron chi connectivity index (χ4n) is 0.456. The average molecular weight is 171 g/mol. The molecular formula is C5H8F3NO2. The Labute approximate surface area is 61.3 Å². The van der Waals surface area contributed by atoms with Gasteiger partial charge >= 0.3 is 6.18 Å². The van der Waals surface area contributed by atoms with Crippen LogP contribution in [0.2, 0.25) is 0 Å². The second-order valence-electron chi connectivity index (χ2n) is 2.36. The zero-order valence-corrected chi connectivity index (χ0v) is 6.05. The summed E-state index contributed by atoms with van der Waals surface area (Å²) >= 11 is 0. The van der Waals surface area contributed by atoms with Crippen LogP contribution in [0.5, 0.6) is 0 Å². The summed E-state index contributed by atoms with van der Waals surface area (Å²) in [7, 11) is 0. The summed E-state index contributed by atoms with van der Waals surface area (Å²) in [5.74, 6) is -1.89. The van der Waals surface area contributed by atoms with Gasteiger partial charge in [0.2, 0.25) is 6.04 Å². The minimum atomic E-state index is -4.48. The molecule has 0 saturated carbocycles. The van der Waals surface area contributed by atoms with E-state index in [1.165, 1.54) is 0 Å². The van der Waals surface area contributed by atoms with Crippen LogP contribution in [0.1, 0.15) is 13.8 Å². The fraction of sp³-hybridized carbons (Fsp3) is 1.00. The molecule has 0 spiro atoms. The molecule has 0 rings (SSSR count). The highest BCUT2D eigenvalue weighted by molar-refractivity contribution is 4.67. The summed E-state index contributed by atoms with van der Waals surface area (Å²) in [6.45, 7) is 1.74. The topological polar surface area (TPSA) is 43.1 Å². The summed E-state index contributed by atoms with van der Waals surface area (Å²) in [6, 6.07) is -1.57. The van der Waals surface area contributed by atoms with Crippen molar-refractivity contribution < 1.29 is 18.1 Å². The molecule has 0 aromatic heterocycles. The van der Waals surface area contributed by atoms with Gasteiger partial charge in [0, 0.05) is 11.8 Å². The highest BCUT2D eigenvalue weighted by atomic mass is 19.4. The number of halogens is 3. The molecule has 0 N–H and O–H groups in total. The summed E-state index contributed by atoms with van der Waals surface area (Å²) in [5.41, 5.74) is 0. The van der Waals surface area contributed by atoms with Crippen molar-refractivity contribution >= 4 is 0 Å². The number of alkyl halides is 3. The predicted octanol–water partition coefficient (Wildman–Crippen LogP) is 1.85. The van der Waals surface area contributed by atoms with Crippen LogP contribution in [-0.2, 0) is 0 Å². The van der Waals surface area contributed by atoms with Crippen LogP contribution in [0.3, 0.4) is 0 Å². The zero-order valence-electron chi connectivity index (χ0n) is 6.05. The molecule has 0 heterocycles. The van der Waals surface area contributed by atoms with Gasteiger partial charge in [0.15, 0.2) is 0 Å². The molecule has 0 radical (unpaired) electrons. The van der Waals surface area contributed by atoms with Gasteiger partial charge in [-0.1, -0.05) is 0 Å². The van der Waals surface area contributed by atoms with Crippen molar-refractivity contribution in [1.82, 2.24) is 0 Å². The van der Waals surface area contributed by atoms with E-state index in [0.717, 1.165) is 13.8 Å². The van der Waals surface area contributed by atoms with E-state index in [1.54, 1.807) is 0 Å². The zero-order chi connectivity index (χ0) is 9.23. The highest BCUT2D eigenvalue weighted by Gasteiger charge is 2.44. The molecule has 0 aliphatic rings. The lowest BCUT2D eigenvalue weighted by Crippen LogP contribution is -2.34. The SMILES string of the molecule is CC([C@H](C)[N+](=O)[O-])C(F)(F)F. The monoisotopic (exact) mass is 171 g/mol. The summed E-state index contributed by atoms with van der Waals surface area (Å²) < 4.78 is 35.3. The molecule has 0 bridgehead atoms. The van der Waals surface area contributed by atoms with E-state index < -0.39 is 23.1 Å². The van der Waals surface area contributed by atoms with Crippen LogP contribution < -0.4 is 0 Å². The van der Waals surface area contributed by atoms with E-state index in [0.29, 0.717) is 0 Å². The lowest BCUT2D eigenvalue weighted by atomic mass is 10.0. The van der Waals surface area contributed by atoms with Gasteiger partial charge in [-0.2, -0.15) is 13.2 Å². The maximum absolute atomic E-state index is 11.8. The van der Waals surface area contributed by atoms with Gasteiger partial charge in [-0.05, 0) is 6.92 Å². The molecule has 66 valence electrons. The van der Waals surface area contributed by atoms with Crippen molar-refractivity contribution in [1.29, 1.82) is 0 Å². The van der Waals surface area contributed by atoms with Gasteiger partial charge in [-0.15, -0.1) is 0 Å². The Kier molecular flexibility index (Phi) is 2.84. The molecule has 0 amide bonds. The molecule has 0 aromatic carbocycles. The van der Waals surface area contributed by atoms with Crippen molar-refractivity contribution in [3.05, 3.63) is 10.1 Å². The van der Waals surface area contributed by atoms with Gasteiger partial charge < -0.3 is 0 Å². The lowest BCUT2D eigenvalue weighted by Gasteiger charge is -2.15. The minimum Gasteiger partial charge on any atom is -0.264 e. The lowest BCUT2D eigenvalue weighted by molar-refractivity contribution is -0.536. The number of nitro groups is 1. The summed E-state index contributed by atoms with van der Waals surface area (Å²) in [4.78, 5) is 8.96. The maximum Gasteiger partial charge on any atom is 0.398 e. The molecular weight excluding hydrogens is 163 g/mol. The Balaban J connectivity index is 4.25. The Morgan fingerprint density at radius 1 is 1.36 bits per heavy atom. The standard InChI is InChI=1S/C5H8F3NO2/c1-3(5(6,7)8)4(2)9(10)11/h3-4H,1-2H3/t3?,4-/m0/s1. The van der Waals surface area contributed by atoms with E-state index in [-0.39, 0.29) is 0 Å². The van der Waals surface area contributed by atoms with Gasteiger partial charge in [0.05, 0.1) is 0 Å². The quantitative estimate of drug-likeness (QED) is 0.470. The van der Waals surface area contributed by atoms with Gasteiger partial charge in [0.25, 0.3) is 0 Å². The normalized spacial score (nSPS) is 17.5. The Morgan fingerprint density at radius 3 is 1.82 bits per heavy atom. The first kappa shape index (κ1) is 10.2. The van der Waals surface area contributed by atoms with Gasteiger partial charge in [-0.25, -0.2) is 0 Å². The number of hydrogen-bond donors (Lipinski definition) is 0. The predicted molar refractivity (Wildman–Crippen MR) is 31.7 cm³/mol. The maximum atomic E-state index is 11.8. The third-order valence-corrected chi connectivity index (χ3v) is 1.57. The highest BCUT2D eigenvalue weighted by Crippen LogP contribution is 2.29. The summed E-state index contributed by atoms with van der Waals surface area (Å²) in [5, 5.41) is 9.89. The first-order chi connectivity index (χ1) is 4.76. The van der Waals surface area contributed by atoms with Crippen LogP contribution in [-0.4, -0.2) is 17.1 Å². The van der Waals surface area contributed by atoms with Crippen molar-refractivity contribution in [2.45, 2.75) is 26.1 Å². The fourth-order valence-corrected chi connectivity index (χ4v) is 0.456. The molecule has 6 heteroatoms. The van der Waals surface area contributed by atoms with E-state index >= 15 is 0 Å². The van der Waals surface area contributed by atoms with E-state index in [4.69, 9.17) is 0 Å². The third-order valence-electron chi connectivity index (χ3n) is 1.57. The molecule has 2 atom stereocenters. The van der Waals surface area contributed by atoms with E-state index in [9.17, 15) is 23.3 Å². The van der Waals surface area contributed by atoms with Crippen molar-refractivity contribution in [3.63, 3.8) is 0 Å². The van der Waals surface area contributed by atoms with E-state index in [1.807, 2.05) is 0 Å². The summed E-state index contributed by atoms with van der Waals surface area (Å²) in [6.07, 6.45) is -4.48.